The monoisotopic (exact) mass is 343 g/mol. The van der Waals surface area contributed by atoms with Gasteiger partial charge in [-0.05, 0) is 19.4 Å². The van der Waals surface area contributed by atoms with E-state index in [1.54, 1.807) is 17.7 Å². The van der Waals surface area contributed by atoms with Crippen LogP contribution in [-0.4, -0.2) is 28.2 Å². The van der Waals surface area contributed by atoms with E-state index in [0.29, 0.717) is 12.3 Å². The fraction of sp³-hybridized carbons (Fsp3) is 0.235. The summed E-state index contributed by atoms with van der Waals surface area (Å²) in [6.07, 6.45) is 1.57. The molecule has 0 saturated heterocycles. The average Bonchev–Trinajstić information content (AvgIpc) is 2.98. The number of benzene rings is 1. The Morgan fingerprint density at radius 3 is 2.78 bits per heavy atom. The lowest BCUT2D eigenvalue weighted by atomic mass is 10.1. The highest BCUT2D eigenvalue weighted by atomic mass is 32.2. The zero-order valence-corrected chi connectivity index (χ0v) is 14.6. The molecule has 0 aliphatic carbocycles. The number of aryl methyl sites for hydroxylation is 1. The van der Waals surface area contributed by atoms with Gasteiger partial charge in [0, 0.05) is 17.5 Å². The van der Waals surface area contributed by atoms with Gasteiger partial charge in [-0.25, -0.2) is 9.97 Å². The van der Waals surface area contributed by atoms with Crippen LogP contribution in [0.4, 0.5) is 0 Å². The summed E-state index contributed by atoms with van der Waals surface area (Å²) in [5.74, 6) is 0.389. The zero-order chi connectivity index (χ0) is 16.2. The van der Waals surface area contributed by atoms with E-state index in [0.717, 1.165) is 26.4 Å². The van der Waals surface area contributed by atoms with Crippen LogP contribution in [-0.2, 0) is 4.79 Å². The lowest BCUT2D eigenvalue weighted by molar-refractivity contribution is -0.118. The number of thiophene rings is 1. The maximum absolute atomic E-state index is 11.7. The Labute approximate surface area is 143 Å². The van der Waals surface area contributed by atoms with Gasteiger partial charge in [0.1, 0.15) is 16.2 Å². The number of nitrogens with zero attached hydrogens (tertiary/aromatic N) is 2. The first-order valence-electron chi connectivity index (χ1n) is 7.37. The van der Waals surface area contributed by atoms with Crippen LogP contribution in [0.15, 0.2) is 41.0 Å². The Kier molecular flexibility index (Phi) is 4.93. The van der Waals surface area contributed by atoms with Crippen molar-refractivity contribution in [2.24, 2.45) is 0 Å². The highest BCUT2D eigenvalue weighted by Gasteiger charge is 2.14. The molecular formula is C17H17N3OS2. The zero-order valence-electron chi connectivity index (χ0n) is 13.0. The second-order valence-corrected chi connectivity index (χ2v) is 6.94. The van der Waals surface area contributed by atoms with Crippen LogP contribution in [0, 0.1) is 6.92 Å². The van der Waals surface area contributed by atoms with Crippen molar-refractivity contribution in [2.45, 2.75) is 18.9 Å². The van der Waals surface area contributed by atoms with Crippen molar-refractivity contribution in [1.82, 2.24) is 15.3 Å². The number of thioether (sulfide) groups is 1. The summed E-state index contributed by atoms with van der Waals surface area (Å²) in [7, 11) is 0. The van der Waals surface area contributed by atoms with Crippen molar-refractivity contribution < 1.29 is 4.79 Å². The lowest BCUT2D eigenvalue weighted by Gasteiger charge is -2.06. The Morgan fingerprint density at radius 2 is 2.04 bits per heavy atom. The molecule has 6 heteroatoms. The molecule has 118 valence electrons. The van der Waals surface area contributed by atoms with Gasteiger partial charge in [-0.2, -0.15) is 0 Å². The minimum Gasteiger partial charge on any atom is -0.356 e. The molecule has 0 aliphatic heterocycles. The Hall–Kier alpha value is -1.92. The molecule has 1 aromatic carbocycles. The molecule has 0 atom stereocenters. The number of hydrogen-bond donors (Lipinski definition) is 1. The topological polar surface area (TPSA) is 54.9 Å². The maximum Gasteiger partial charge on any atom is 0.230 e. The van der Waals surface area contributed by atoms with Gasteiger partial charge in [0.05, 0.1) is 11.1 Å². The molecule has 0 bridgehead atoms. The van der Waals surface area contributed by atoms with Gasteiger partial charge < -0.3 is 5.32 Å². The van der Waals surface area contributed by atoms with Crippen molar-refractivity contribution in [3.8, 4) is 11.1 Å². The van der Waals surface area contributed by atoms with Crippen molar-refractivity contribution >= 4 is 39.2 Å². The molecule has 0 spiro atoms. The van der Waals surface area contributed by atoms with Crippen LogP contribution in [0.1, 0.15) is 12.5 Å². The summed E-state index contributed by atoms with van der Waals surface area (Å²) in [5.41, 5.74) is 3.51. The molecule has 3 aromatic rings. The molecule has 0 fully saturated rings. The number of amides is 1. The van der Waals surface area contributed by atoms with E-state index in [1.807, 2.05) is 6.92 Å². The van der Waals surface area contributed by atoms with Crippen LogP contribution in [0.5, 0.6) is 0 Å². The van der Waals surface area contributed by atoms with Crippen LogP contribution in [0.25, 0.3) is 21.3 Å². The molecule has 1 N–H and O–H groups in total. The summed E-state index contributed by atoms with van der Waals surface area (Å²) in [5, 5.41) is 6.82. The van der Waals surface area contributed by atoms with E-state index in [4.69, 9.17) is 0 Å². The van der Waals surface area contributed by atoms with Gasteiger partial charge >= 0.3 is 0 Å². The summed E-state index contributed by atoms with van der Waals surface area (Å²) in [6, 6.07) is 8.43. The third-order valence-corrected chi connectivity index (χ3v) is 5.29. The molecule has 0 radical (unpaired) electrons. The van der Waals surface area contributed by atoms with Crippen molar-refractivity contribution in [2.75, 3.05) is 12.3 Å². The standard InChI is InChI=1S/C17H17N3OS2/c1-3-18-14(21)9-23-17-15-13(8-22-16(15)19-10-20-17)12-6-4-11(2)5-7-12/h4-8,10H,3,9H2,1-2H3,(H,18,21). The van der Waals surface area contributed by atoms with E-state index >= 15 is 0 Å². The highest BCUT2D eigenvalue weighted by molar-refractivity contribution is 8.00. The largest absolute Gasteiger partial charge is 0.356 e. The molecule has 23 heavy (non-hydrogen) atoms. The summed E-state index contributed by atoms with van der Waals surface area (Å²) >= 11 is 3.06. The van der Waals surface area contributed by atoms with Crippen LogP contribution in [0.3, 0.4) is 0 Å². The van der Waals surface area contributed by atoms with E-state index in [9.17, 15) is 4.79 Å². The van der Waals surface area contributed by atoms with Gasteiger partial charge in [0.15, 0.2) is 0 Å². The van der Waals surface area contributed by atoms with Gasteiger partial charge in [-0.3, -0.25) is 4.79 Å². The number of rotatable bonds is 5. The molecule has 0 unspecified atom stereocenters. The van der Waals surface area contributed by atoms with Gasteiger partial charge in [-0.15, -0.1) is 11.3 Å². The van der Waals surface area contributed by atoms with E-state index in [-0.39, 0.29) is 5.91 Å². The molecule has 2 heterocycles. The first-order chi connectivity index (χ1) is 11.2. The Morgan fingerprint density at radius 1 is 1.26 bits per heavy atom. The van der Waals surface area contributed by atoms with Gasteiger partial charge in [-0.1, -0.05) is 41.6 Å². The third kappa shape index (κ3) is 3.54. The predicted octanol–water partition coefficient (Wildman–Crippen LogP) is 3.89. The smallest absolute Gasteiger partial charge is 0.230 e. The minimum atomic E-state index is 0.0244. The fourth-order valence-electron chi connectivity index (χ4n) is 2.28. The number of fused-ring (bicyclic) bond motifs is 1. The highest BCUT2D eigenvalue weighted by Crippen LogP contribution is 2.37. The molecule has 0 saturated carbocycles. The van der Waals surface area contributed by atoms with Crippen LogP contribution < -0.4 is 5.32 Å². The second-order valence-electron chi connectivity index (χ2n) is 5.12. The molecule has 0 aliphatic rings. The first-order valence-corrected chi connectivity index (χ1v) is 9.24. The van der Waals surface area contributed by atoms with Gasteiger partial charge in [0.25, 0.3) is 0 Å². The average molecular weight is 343 g/mol. The van der Waals surface area contributed by atoms with Gasteiger partial charge in [0.2, 0.25) is 5.91 Å². The molecule has 2 aromatic heterocycles. The lowest BCUT2D eigenvalue weighted by Crippen LogP contribution is -2.24. The summed E-state index contributed by atoms with van der Waals surface area (Å²) in [4.78, 5) is 21.4. The Bertz CT molecular complexity index is 827. The normalized spacial score (nSPS) is 10.9. The number of aromatic nitrogens is 2. The van der Waals surface area contributed by atoms with Crippen LogP contribution in [0.2, 0.25) is 0 Å². The quantitative estimate of drug-likeness (QED) is 0.564. The maximum atomic E-state index is 11.7. The predicted molar refractivity (Wildman–Crippen MR) is 97.0 cm³/mol. The van der Waals surface area contributed by atoms with Crippen molar-refractivity contribution in [3.05, 3.63) is 41.5 Å². The number of carbonyl (C=O) groups is 1. The molecule has 4 nitrogen and oxygen atoms in total. The summed E-state index contributed by atoms with van der Waals surface area (Å²) in [6.45, 7) is 4.64. The molecule has 3 rings (SSSR count). The third-order valence-electron chi connectivity index (χ3n) is 3.41. The summed E-state index contributed by atoms with van der Waals surface area (Å²) < 4.78 is 0. The second kappa shape index (κ2) is 7.10. The number of hydrogen-bond acceptors (Lipinski definition) is 5. The molecular weight excluding hydrogens is 326 g/mol. The van der Waals surface area contributed by atoms with Crippen molar-refractivity contribution in [3.63, 3.8) is 0 Å². The van der Waals surface area contributed by atoms with E-state index in [2.05, 4.69) is 51.9 Å². The van der Waals surface area contributed by atoms with E-state index < -0.39 is 0 Å². The molecule has 1 amide bonds. The fourth-order valence-corrected chi connectivity index (χ4v) is 4.11. The van der Waals surface area contributed by atoms with Crippen LogP contribution >= 0.6 is 23.1 Å². The minimum absolute atomic E-state index is 0.0244. The SMILES string of the molecule is CCNC(=O)CSc1ncnc2scc(-c3ccc(C)cc3)c12. The Balaban J connectivity index is 1.97. The first kappa shape index (κ1) is 16.0. The van der Waals surface area contributed by atoms with E-state index in [1.165, 1.54) is 17.3 Å². The number of carbonyl (C=O) groups excluding carboxylic acids is 1. The van der Waals surface area contributed by atoms with Crippen molar-refractivity contribution in [1.29, 1.82) is 0 Å². The number of nitrogens with one attached hydrogen (secondary N) is 1.